The van der Waals surface area contributed by atoms with Crippen LogP contribution in [-0.2, 0) is 6.54 Å². The lowest BCUT2D eigenvalue weighted by Gasteiger charge is -2.46. The summed E-state index contributed by atoms with van der Waals surface area (Å²) >= 11 is 0. The first-order valence-corrected chi connectivity index (χ1v) is 10.3. The van der Waals surface area contributed by atoms with Gasteiger partial charge in [0.05, 0.1) is 6.10 Å². The minimum Gasteiger partial charge on any atom is -0.487 e. The zero-order chi connectivity index (χ0) is 19.6. The monoisotopic (exact) mass is 381 g/mol. The van der Waals surface area contributed by atoms with Crippen molar-refractivity contribution < 1.29 is 9.47 Å². The van der Waals surface area contributed by atoms with Gasteiger partial charge in [-0.25, -0.2) is 4.98 Å². The van der Waals surface area contributed by atoms with Crippen molar-refractivity contribution in [2.75, 3.05) is 20.1 Å². The first-order valence-electron chi connectivity index (χ1n) is 10.3. The smallest absolute Gasteiger partial charge is 0.213 e. The van der Waals surface area contributed by atoms with E-state index in [2.05, 4.69) is 52.6 Å². The molecule has 0 unspecified atom stereocenters. The number of pyridine rings is 1. The number of para-hydroxylation sites is 1. The predicted octanol–water partition coefficient (Wildman–Crippen LogP) is 3.95. The van der Waals surface area contributed by atoms with Gasteiger partial charge in [0.2, 0.25) is 5.88 Å². The average molecular weight is 382 g/mol. The van der Waals surface area contributed by atoms with E-state index in [0.717, 1.165) is 50.2 Å². The SMILES string of the molecule is CC(C)Oc1ccc(CN[C@H]2CC3(CCN(C)CC3)Oc3ccccc32)cn1. The summed E-state index contributed by atoms with van der Waals surface area (Å²) in [6.07, 6.45) is 5.22. The highest BCUT2D eigenvalue weighted by Gasteiger charge is 2.42. The highest BCUT2D eigenvalue weighted by molar-refractivity contribution is 5.39. The van der Waals surface area contributed by atoms with E-state index in [1.165, 1.54) is 5.56 Å². The number of aromatic nitrogens is 1. The molecule has 0 aliphatic carbocycles. The van der Waals surface area contributed by atoms with E-state index in [0.29, 0.717) is 11.9 Å². The fourth-order valence-corrected chi connectivity index (χ4v) is 4.20. The molecule has 1 fully saturated rings. The number of ether oxygens (including phenoxy) is 2. The fourth-order valence-electron chi connectivity index (χ4n) is 4.20. The molecule has 3 heterocycles. The van der Waals surface area contributed by atoms with Crippen molar-refractivity contribution in [3.63, 3.8) is 0 Å². The van der Waals surface area contributed by atoms with Gasteiger partial charge in [-0.1, -0.05) is 24.3 Å². The van der Waals surface area contributed by atoms with Gasteiger partial charge < -0.3 is 19.7 Å². The Balaban J connectivity index is 1.47. The lowest BCUT2D eigenvalue weighted by molar-refractivity contribution is -0.0204. The van der Waals surface area contributed by atoms with E-state index in [9.17, 15) is 0 Å². The Labute approximate surface area is 168 Å². The number of likely N-dealkylation sites (tertiary alicyclic amines) is 1. The lowest BCUT2D eigenvalue weighted by Crippen LogP contribution is -2.51. The van der Waals surface area contributed by atoms with Gasteiger partial charge in [0.25, 0.3) is 0 Å². The predicted molar refractivity (Wildman–Crippen MR) is 111 cm³/mol. The van der Waals surface area contributed by atoms with Crippen LogP contribution < -0.4 is 14.8 Å². The quantitative estimate of drug-likeness (QED) is 0.850. The van der Waals surface area contributed by atoms with Crippen molar-refractivity contribution in [3.8, 4) is 11.6 Å². The molecule has 0 amide bonds. The molecular formula is C23H31N3O2. The summed E-state index contributed by atoms with van der Waals surface area (Å²) < 4.78 is 12.2. The highest BCUT2D eigenvalue weighted by atomic mass is 16.5. The zero-order valence-corrected chi connectivity index (χ0v) is 17.1. The maximum absolute atomic E-state index is 6.55. The number of fused-ring (bicyclic) bond motifs is 1. The van der Waals surface area contributed by atoms with E-state index in [-0.39, 0.29) is 11.7 Å². The summed E-state index contributed by atoms with van der Waals surface area (Å²) in [6, 6.07) is 12.8. The van der Waals surface area contributed by atoms with Gasteiger partial charge in [-0.3, -0.25) is 0 Å². The van der Waals surface area contributed by atoms with Crippen LogP contribution in [0, 0.1) is 0 Å². The number of piperidine rings is 1. The summed E-state index contributed by atoms with van der Waals surface area (Å²) in [5.41, 5.74) is 2.38. The van der Waals surface area contributed by atoms with Gasteiger partial charge in [0, 0.05) is 49.9 Å². The second-order valence-corrected chi connectivity index (χ2v) is 8.44. The Bertz CT molecular complexity index is 783. The third kappa shape index (κ3) is 4.31. The number of nitrogens with zero attached hydrogens (tertiary/aromatic N) is 2. The Morgan fingerprint density at radius 1 is 1.21 bits per heavy atom. The average Bonchev–Trinajstić information content (AvgIpc) is 2.69. The topological polar surface area (TPSA) is 46.6 Å². The summed E-state index contributed by atoms with van der Waals surface area (Å²) in [6.45, 7) is 6.99. The van der Waals surface area contributed by atoms with Crippen LogP contribution in [0.5, 0.6) is 11.6 Å². The van der Waals surface area contributed by atoms with Crippen molar-refractivity contribution in [1.29, 1.82) is 0 Å². The molecule has 1 spiro atoms. The van der Waals surface area contributed by atoms with E-state index < -0.39 is 0 Å². The maximum atomic E-state index is 6.55. The summed E-state index contributed by atoms with van der Waals surface area (Å²) in [5, 5.41) is 3.76. The van der Waals surface area contributed by atoms with Crippen molar-refractivity contribution in [2.24, 2.45) is 0 Å². The first-order chi connectivity index (χ1) is 13.5. The first kappa shape index (κ1) is 19.2. The second kappa shape index (κ2) is 8.10. The zero-order valence-electron chi connectivity index (χ0n) is 17.1. The lowest BCUT2D eigenvalue weighted by atomic mass is 9.80. The van der Waals surface area contributed by atoms with Crippen LogP contribution in [0.2, 0.25) is 0 Å². The van der Waals surface area contributed by atoms with Crippen molar-refractivity contribution in [1.82, 2.24) is 15.2 Å². The molecule has 2 aliphatic rings. The van der Waals surface area contributed by atoms with E-state index in [4.69, 9.17) is 9.47 Å². The molecule has 4 rings (SSSR count). The summed E-state index contributed by atoms with van der Waals surface area (Å²) in [7, 11) is 2.19. The van der Waals surface area contributed by atoms with Crippen LogP contribution in [0.3, 0.4) is 0 Å². The molecule has 1 N–H and O–H groups in total. The van der Waals surface area contributed by atoms with Gasteiger partial charge in [-0.15, -0.1) is 0 Å². The molecule has 0 radical (unpaired) electrons. The number of benzene rings is 1. The third-order valence-corrected chi connectivity index (χ3v) is 5.80. The van der Waals surface area contributed by atoms with Crippen LogP contribution in [-0.4, -0.2) is 41.7 Å². The molecule has 1 aromatic carbocycles. The summed E-state index contributed by atoms with van der Waals surface area (Å²) in [4.78, 5) is 6.82. The molecule has 0 bridgehead atoms. The van der Waals surface area contributed by atoms with Gasteiger partial charge in [0.15, 0.2) is 0 Å². The second-order valence-electron chi connectivity index (χ2n) is 8.44. The van der Waals surface area contributed by atoms with Gasteiger partial charge >= 0.3 is 0 Å². The number of hydrogen-bond donors (Lipinski definition) is 1. The Hall–Kier alpha value is -2.11. The molecule has 1 aromatic heterocycles. The van der Waals surface area contributed by atoms with Crippen LogP contribution in [0.25, 0.3) is 0 Å². The minimum atomic E-state index is -0.0499. The van der Waals surface area contributed by atoms with Crippen molar-refractivity contribution in [2.45, 2.75) is 57.4 Å². The van der Waals surface area contributed by atoms with E-state index in [1.54, 1.807) is 0 Å². The highest BCUT2D eigenvalue weighted by Crippen LogP contribution is 2.44. The van der Waals surface area contributed by atoms with Gasteiger partial charge in [0.1, 0.15) is 11.4 Å². The summed E-state index contributed by atoms with van der Waals surface area (Å²) in [5.74, 6) is 1.72. The standard InChI is InChI=1S/C23H31N3O2/c1-17(2)27-22-9-8-18(16-25-22)15-24-20-14-23(10-12-26(3)13-11-23)28-21-7-5-4-6-19(20)21/h4-9,16-17,20,24H,10-15H2,1-3H3/t20-/m0/s1. The molecule has 5 heteroatoms. The van der Waals surface area contributed by atoms with Crippen molar-refractivity contribution in [3.05, 3.63) is 53.7 Å². The third-order valence-electron chi connectivity index (χ3n) is 5.80. The Morgan fingerprint density at radius 2 is 2.00 bits per heavy atom. The molecule has 150 valence electrons. The van der Waals surface area contributed by atoms with Crippen molar-refractivity contribution >= 4 is 0 Å². The molecule has 5 nitrogen and oxygen atoms in total. The number of hydrogen-bond acceptors (Lipinski definition) is 5. The Kier molecular flexibility index (Phi) is 5.56. The number of rotatable bonds is 5. The van der Waals surface area contributed by atoms with Gasteiger partial charge in [-0.05, 0) is 45.4 Å². The molecular weight excluding hydrogens is 350 g/mol. The van der Waals surface area contributed by atoms with Gasteiger partial charge in [-0.2, -0.15) is 0 Å². The van der Waals surface area contributed by atoms with Crippen LogP contribution in [0.1, 0.15) is 50.3 Å². The molecule has 1 saturated heterocycles. The maximum Gasteiger partial charge on any atom is 0.213 e. The van der Waals surface area contributed by atoms with E-state index in [1.807, 2.05) is 26.1 Å². The minimum absolute atomic E-state index is 0.0499. The molecule has 28 heavy (non-hydrogen) atoms. The largest absolute Gasteiger partial charge is 0.487 e. The number of nitrogens with one attached hydrogen (secondary N) is 1. The molecule has 2 aromatic rings. The Morgan fingerprint density at radius 3 is 2.71 bits per heavy atom. The van der Waals surface area contributed by atoms with Crippen LogP contribution in [0.4, 0.5) is 0 Å². The molecule has 2 aliphatic heterocycles. The fraction of sp³-hybridized carbons (Fsp3) is 0.522. The molecule has 0 saturated carbocycles. The van der Waals surface area contributed by atoms with Crippen LogP contribution >= 0.6 is 0 Å². The van der Waals surface area contributed by atoms with E-state index >= 15 is 0 Å². The van der Waals surface area contributed by atoms with Crippen LogP contribution in [0.15, 0.2) is 42.6 Å². The normalized spacial score (nSPS) is 21.4. The molecule has 1 atom stereocenters.